The average molecular weight is 246 g/mol. The molecule has 0 aromatic rings. The maximum absolute atomic E-state index is 12.2. The zero-order valence-electron chi connectivity index (χ0n) is 10.2. The number of rotatable bonds is 4. The van der Waals surface area contributed by atoms with Gasteiger partial charge in [-0.2, -0.15) is 0 Å². The number of carbonyl (C=O) groups is 1. The Balaban J connectivity index is 1.78. The van der Waals surface area contributed by atoms with Crippen LogP contribution in [-0.4, -0.2) is 42.9 Å². The minimum Gasteiger partial charge on any atom is -0.340 e. The molecule has 0 saturated carbocycles. The van der Waals surface area contributed by atoms with Gasteiger partial charge in [0.25, 0.3) is 6.43 Å². The van der Waals surface area contributed by atoms with Crippen LogP contribution in [0, 0.1) is 5.92 Å². The van der Waals surface area contributed by atoms with E-state index in [1.54, 1.807) is 0 Å². The fraction of sp³-hybridized carbons (Fsp3) is 0.917. The summed E-state index contributed by atoms with van der Waals surface area (Å²) in [5, 5.41) is 3.51. The molecule has 0 aliphatic carbocycles. The quantitative estimate of drug-likeness (QED) is 0.817. The predicted octanol–water partition coefficient (Wildman–Crippen LogP) is 1.63. The molecule has 2 heterocycles. The number of hydrogen-bond donors (Lipinski definition) is 1. The molecule has 1 amide bonds. The lowest BCUT2D eigenvalue weighted by Gasteiger charge is -2.29. The molecule has 2 aliphatic heterocycles. The molecular formula is C12H20F2N2O. The highest BCUT2D eigenvalue weighted by atomic mass is 19.3. The van der Waals surface area contributed by atoms with Crippen LogP contribution in [0.1, 0.15) is 32.1 Å². The molecule has 3 atom stereocenters. The molecule has 2 fully saturated rings. The smallest absolute Gasteiger partial charge is 0.255 e. The lowest BCUT2D eigenvalue weighted by atomic mass is 9.89. The maximum Gasteiger partial charge on any atom is 0.255 e. The van der Waals surface area contributed by atoms with Gasteiger partial charge in [0.2, 0.25) is 5.91 Å². The van der Waals surface area contributed by atoms with Crippen molar-refractivity contribution in [2.45, 2.75) is 50.6 Å². The number of hydrogen-bond acceptors (Lipinski definition) is 2. The first-order chi connectivity index (χ1) is 8.04. The van der Waals surface area contributed by atoms with Gasteiger partial charge in [0.05, 0.1) is 6.54 Å². The lowest BCUT2D eigenvalue weighted by molar-refractivity contribution is -0.132. The summed E-state index contributed by atoms with van der Waals surface area (Å²) < 4.78 is 24.3. The summed E-state index contributed by atoms with van der Waals surface area (Å²) in [6, 6.07) is 1.10. The average Bonchev–Trinajstić information content (AvgIpc) is 2.57. The van der Waals surface area contributed by atoms with Crippen molar-refractivity contribution in [1.82, 2.24) is 10.2 Å². The van der Waals surface area contributed by atoms with Gasteiger partial charge in [-0.15, -0.1) is 0 Å². The van der Waals surface area contributed by atoms with E-state index in [0.717, 1.165) is 17.7 Å². The van der Waals surface area contributed by atoms with Crippen LogP contribution in [0.5, 0.6) is 0 Å². The zero-order valence-corrected chi connectivity index (χ0v) is 10.2. The van der Waals surface area contributed by atoms with Gasteiger partial charge in [-0.1, -0.05) is 0 Å². The minimum absolute atomic E-state index is 0.142. The van der Waals surface area contributed by atoms with E-state index < -0.39 is 13.0 Å². The number of alkyl halides is 2. The Hall–Kier alpha value is -0.710. The second-order valence-corrected chi connectivity index (χ2v) is 5.34. The van der Waals surface area contributed by atoms with E-state index in [4.69, 9.17) is 0 Å². The normalized spacial score (nSPS) is 31.9. The maximum atomic E-state index is 12.2. The first-order valence-electron chi connectivity index (χ1n) is 6.32. The molecular weight excluding hydrogens is 226 g/mol. The molecule has 1 unspecified atom stereocenters. The van der Waals surface area contributed by atoms with Crippen LogP contribution in [0.2, 0.25) is 0 Å². The third kappa shape index (κ3) is 3.37. The van der Waals surface area contributed by atoms with E-state index in [0.29, 0.717) is 24.4 Å². The van der Waals surface area contributed by atoms with Crippen LogP contribution in [0.3, 0.4) is 0 Å². The fourth-order valence-electron chi connectivity index (χ4n) is 3.05. The summed E-state index contributed by atoms with van der Waals surface area (Å²) in [5.74, 6) is 0.234. The highest BCUT2D eigenvalue weighted by molar-refractivity contribution is 5.76. The van der Waals surface area contributed by atoms with E-state index >= 15 is 0 Å². The zero-order chi connectivity index (χ0) is 12.4. The lowest BCUT2D eigenvalue weighted by Crippen LogP contribution is -2.40. The molecule has 2 aliphatic rings. The molecule has 0 spiro atoms. The predicted molar refractivity (Wildman–Crippen MR) is 60.9 cm³/mol. The number of amides is 1. The molecule has 0 aromatic heterocycles. The SMILES string of the molecule is CN(CC(F)F)C(=O)CC1C[C@H]2CC[C@@H](C1)N2. The van der Waals surface area contributed by atoms with Gasteiger partial charge >= 0.3 is 0 Å². The van der Waals surface area contributed by atoms with Crippen LogP contribution in [-0.2, 0) is 4.79 Å². The number of piperidine rings is 1. The standard InChI is InChI=1S/C12H20F2N2O/c1-16(7-11(13)14)12(17)6-8-4-9-2-3-10(5-8)15-9/h8-11,15H,2-7H2,1H3/t8?,9-,10+. The molecule has 0 radical (unpaired) electrons. The highest BCUT2D eigenvalue weighted by Crippen LogP contribution is 2.32. The van der Waals surface area contributed by atoms with E-state index in [-0.39, 0.29) is 5.91 Å². The molecule has 2 saturated heterocycles. The van der Waals surface area contributed by atoms with E-state index in [9.17, 15) is 13.6 Å². The van der Waals surface area contributed by atoms with Crippen LogP contribution >= 0.6 is 0 Å². The van der Waals surface area contributed by atoms with Gasteiger partial charge in [0, 0.05) is 25.6 Å². The summed E-state index contributed by atoms with van der Waals surface area (Å²) in [7, 11) is 1.46. The Morgan fingerprint density at radius 2 is 1.94 bits per heavy atom. The van der Waals surface area contributed by atoms with Gasteiger partial charge in [-0.25, -0.2) is 8.78 Å². The number of fused-ring (bicyclic) bond motifs is 2. The molecule has 98 valence electrons. The molecule has 2 rings (SSSR count). The monoisotopic (exact) mass is 246 g/mol. The summed E-state index contributed by atoms with van der Waals surface area (Å²) in [5.41, 5.74) is 0. The first-order valence-corrected chi connectivity index (χ1v) is 6.32. The van der Waals surface area contributed by atoms with Gasteiger partial charge in [-0.05, 0) is 31.6 Å². The Morgan fingerprint density at radius 1 is 1.35 bits per heavy atom. The first kappa shape index (κ1) is 12.7. The van der Waals surface area contributed by atoms with Gasteiger partial charge < -0.3 is 10.2 Å². The number of carbonyl (C=O) groups excluding carboxylic acids is 1. The largest absolute Gasteiger partial charge is 0.340 e. The second-order valence-electron chi connectivity index (χ2n) is 5.34. The molecule has 1 N–H and O–H groups in total. The summed E-state index contributed by atoms with van der Waals surface area (Å²) in [4.78, 5) is 12.9. The van der Waals surface area contributed by atoms with E-state index in [1.807, 2.05) is 0 Å². The van der Waals surface area contributed by atoms with Crippen molar-refractivity contribution in [3.8, 4) is 0 Å². The van der Waals surface area contributed by atoms with Gasteiger partial charge in [0.15, 0.2) is 0 Å². The molecule has 2 bridgehead atoms. The van der Waals surface area contributed by atoms with Crippen molar-refractivity contribution >= 4 is 5.91 Å². The summed E-state index contributed by atoms with van der Waals surface area (Å²) in [6.07, 6.45) is 2.42. The van der Waals surface area contributed by atoms with Crippen molar-refractivity contribution in [1.29, 1.82) is 0 Å². The highest BCUT2D eigenvalue weighted by Gasteiger charge is 2.34. The van der Waals surface area contributed by atoms with Gasteiger partial charge in [0.1, 0.15) is 0 Å². The number of nitrogens with zero attached hydrogens (tertiary/aromatic N) is 1. The van der Waals surface area contributed by atoms with Crippen molar-refractivity contribution in [3.63, 3.8) is 0 Å². The molecule has 0 aromatic carbocycles. The minimum atomic E-state index is -2.44. The van der Waals surface area contributed by atoms with Gasteiger partial charge in [-0.3, -0.25) is 4.79 Å². The van der Waals surface area contributed by atoms with E-state index in [1.165, 1.54) is 19.9 Å². The van der Waals surface area contributed by atoms with Crippen LogP contribution in [0.25, 0.3) is 0 Å². The molecule has 3 nitrogen and oxygen atoms in total. The third-order valence-corrected chi connectivity index (χ3v) is 3.87. The van der Waals surface area contributed by atoms with Crippen LogP contribution in [0.4, 0.5) is 8.78 Å². The van der Waals surface area contributed by atoms with Crippen molar-refractivity contribution in [3.05, 3.63) is 0 Å². The van der Waals surface area contributed by atoms with Crippen LogP contribution in [0.15, 0.2) is 0 Å². The second kappa shape index (κ2) is 5.29. The molecule has 17 heavy (non-hydrogen) atoms. The number of nitrogens with one attached hydrogen (secondary N) is 1. The Bertz CT molecular complexity index is 274. The van der Waals surface area contributed by atoms with E-state index in [2.05, 4.69) is 5.32 Å². The fourth-order valence-corrected chi connectivity index (χ4v) is 3.05. The van der Waals surface area contributed by atoms with Crippen molar-refractivity contribution < 1.29 is 13.6 Å². The Morgan fingerprint density at radius 3 is 2.47 bits per heavy atom. The third-order valence-electron chi connectivity index (χ3n) is 3.87. The summed E-state index contributed by atoms with van der Waals surface area (Å²) in [6.45, 7) is -0.448. The summed E-state index contributed by atoms with van der Waals surface area (Å²) >= 11 is 0. The Labute approximate surface area is 101 Å². The molecule has 5 heteroatoms. The Kier molecular flexibility index (Phi) is 3.97. The van der Waals surface area contributed by atoms with Crippen LogP contribution < -0.4 is 5.32 Å². The van der Waals surface area contributed by atoms with Crippen molar-refractivity contribution in [2.24, 2.45) is 5.92 Å². The number of halogens is 2. The van der Waals surface area contributed by atoms with Crippen molar-refractivity contribution in [2.75, 3.05) is 13.6 Å². The topological polar surface area (TPSA) is 32.3 Å².